The highest BCUT2D eigenvalue weighted by molar-refractivity contribution is 5.75. The highest BCUT2D eigenvalue weighted by atomic mass is 16.5. The molecule has 1 aromatic rings. The number of aryl methyl sites for hydroxylation is 1. The summed E-state index contributed by atoms with van der Waals surface area (Å²) in [5, 5.41) is 6.37. The van der Waals surface area contributed by atoms with Gasteiger partial charge in [-0.15, -0.1) is 0 Å². The van der Waals surface area contributed by atoms with Crippen molar-refractivity contribution in [3.05, 3.63) is 11.7 Å². The average Bonchev–Trinajstić information content (AvgIpc) is 2.35. The second-order valence-corrected chi connectivity index (χ2v) is 2.30. The third-order valence-corrected chi connectivity index (χ3v) is 1.15. The molecule has 0 aliphatic rings. The second-order valence-electron chi connectivity index (χ2n) is 2.30. The number of primary amides is 1. The van der Waals surface area contributed by atoms with Crippen LogP contribution in [0.2, 0.25) is 0 Å². The van der Waals surface area contributed by atoms with Crippen molar-refractivity contribution >= 4 is 5.91 Å². The molecule has 6 heteroatoms. The molecule has 0 spiro atoms. The first-order valence-electron chi connectivity index (χ1n) is 3.46. The lowest BCUT2D eigenvalue weighted by atomic mass is 10.5. The number of carbonyl (C=O) groups is 1. The maximum atomic E-state index is 10.3. The van der Waals surface area contributed by atoms with Crippen molar-refractivity contribution in [3.8, 4) is 0 Å². The van der Waals surface area contributed by atoms with Gasteiger partial charge < -0.3 is 15.6 Å². The van der Waals surface area contributed by atoms with E-state index in [2.05, 4.69) is 15.5 Å². The molecular weight excluding hydrogens is 160 g/mol. The van der Waals surface area contributed by atoms with Gasteiger partial charge in [-0.05, 0) is 0 Å². The Bertz CT molecular complexity index is 270. The molecule has 1 aromatic heterocycles. The van der Waals surface area contributed by atoms with Crippen molar-refractivity contribution in [1.29, 1.82) is 0 Å². The monoisotopic (exact) mass is 170 g/mol. The largest absolute Gasteiger partial charge is 0.369 e. The first kappa shape index (κ1) is 8.66. The summed E-state index contributed by atoms with van der Waals surface area (Å²) < 4.78 is 4.70. The lowest BCUT2D eigenvalue weighted by molar-refractivity contribution is -0.117. The lowest BCUT2D eigenvalue weighted by Gasteiger charge is -1.94. The van der Waals surface area contributed by atoms with Gasteiger partial charge in [-0.2, -0.15) is 4.98 Å². The predicted octanol–water partition coefficient (Wildman–Crippen LogP) is -1.05. The van der Waals surface area contributed by atoms with E-state index in [4.69, 9.17) is 10.3 Å². The molecule has 0 saturated carbocycles. The lowest BCUT2D eigenvalue weighted by Crippen LogP contribution is -2.28. The number of aromatic nitrogens is 2. The highest BCUT2D eigenvalue weighted by Crippen LogP contribution is 1.92. The Hall–Kier alpha value is -1.43. The SMILES string of the molecule is Cc1nc(CNCC(N)=O)no1. The molecule has 1 rings (SSSR count). The van der Waals surface area contributed by atoms with E-state index in [0.717, 1.165) is 0 Å². The zero-order valence-corrected chi connectivity index (χ0v) is 6.70. The smallest absolute Gasteiger partial charge is 0.231 e. The average molecular weight is 170 g/mol. The quantitative estimate of drug-likeness (QED) is 0.601. The fourth-order valence-electron chi connectivity index (χ4n) is 0.711. The molecule has 0 aliphatic heterocycles. The maximum absolute atomic E-state index is 10.3. The number of carbonyl (C=O) groups excluding carboxylic acids is 1. The molecule has 0 unspecified atom stereocenters. The van der Waals surface area contributed by atoms with E-state index in [0.29, 0.717) is 18.3 Å². The van der Waals surface area contributed by atoms with Crippen LogP contribution in [0.1, 0.15) is 11.7 Å². The van der Waals surface area contributed by atoms with Crippen LogP contribution < -0.4 is 11.1 Å². The van der Waals surface area contributed by atoms with E-state index < -0.39 is 5.91 Å². The molecule has 0 radical (unpaired) electrons. The van der Waals surface area contributed by atoms with Crippen LogP contribution in [0.25, 0.3) is 0 Å². The van der Waals surface area contributed by atoms with Crippen LogP contribution >= 0.6 is 0 Å². The Morgan fingerprint density at radius 2 is 2.50 bits per heavy atom. The summed E-state index contributed by atoms with van der Waals surface area (Å²) in [5.74, 6) is 0.620. The van der Waals surface area contributed by atoms with Crippen LogP contribution in [-0.2, 0) is 11.3 Å². The van der Waals surface area contributed by atoms with Gasteiger partial charge in [0.2, 0.25) is 11.8 Å². The first-order valence-corrected chi connectivity index (χ1v) is 3.46. The minimum absolute atomic E-state index is 0.119. The summed E-state index contributed by atoms with van der Waals surface area (Å²) in [6.07, 6.45) is 0. The molecule has 0 aromatic carbocycles. The van der Waals surface area contributed by atoms with Gasteiger partial charge in [0.1, 0.15) is 0 Å². The van der Waals surface area contributed by atoms with Gasteiger partial charge in [0.25, 0.3) is 0 Å². The topological polar surface area (TPSA) is 94.0 Å². The molecule has 1 amide bonds. The van der Waals surface area contributed by atoms with Gasteiger partial charge in [-0.1, -0.05) is 5.16 Å². The highest BCUT2D eigenvalue weighted by Gasteiger charge is 2.01. The number of nitrogens with two attached hydrogens (primary N) is 1. The zero-order chi connectivity index (χ0) is 8.97. The predicted molar refractivity (Wildman–Crippen MR) is 39.9 cm³/mol. The van der Waals surface area contributed by atoms with Gasteiger partial charge in [0.15, 0.2) is 5.82 Å². The molecule has 6 nitrogen and oxygen atoms in total. The zero-order valence-electron chi connectivity index (χ0n) is 6.70. The fraction of sp³-hybridized carbons (Fsp3) is 0.500. The van der Waals surface area contributed by atoms with Crippen molar-refractivity contribution in [2.45, 2.75) is 13.5 Å². The summed E-state index contributed by atoms with van der Waals surface area (Å²) in [5.41, 5.74) is 4.90. The molecular formula is C6H10N4O2. The van der Waals surface area contributed by atoms with E-state index in [1.54, 1.807) is 6.92 Å². The van der Waals surface area contributed by atoms with Crippen LogP contribution in [0.15, 0.2) is 4.52 Å². The maximum Gasteiger partial charge on any atom is 0.231 e. The summed E-state index contributed by atoms with van der Waals surface area (Å²) in [6, 6.07) is 0. The van der Waals surface area contributed by atoms with E-state index in [1.807, 2.05) is 0 Å². The molecule has 66 valence electrons. The van der Waals surface area contributed by atoms with Gasteiger partial charge in [-0.25, -0.2) is 0 Å². The van der Waals surface area contributed by atoms with Crippen LogP contribution in [0.3, 0.4) is 0 Å². The third-order valence-electron chi connectivity index (χ3n) is 1.15. The standard InChI is InChI=1S/C6H10N4O2/c1-4-9-6(10-12-4)3-8-2-5(7)11/h8H,2-3H2,1H3,(H2,7,11). The number of hydrogen-bond donors (Lipinski definition) is 2. The Balaban J connectivity index is 2.29. The Morgan fingerprint density at radius 1 is 1.75 bits per heavy atom. The molecule has 1 heterocycles. The molecule has 0 bridgehead atoms. The number of rotatable bonds is 4. The Morgan fingerprint density at radius 3 is 3.00 bits per heavy atom. The van der Waals surface area contributed by atoms with Crippen LogP contribution in [0.4, 0.5) is 0 Å². The Labute approximate surface area is 69.1 Å². The number of nitrogens with one attached hydrogen (secondary N) is 1. The summed E-state index contributed by atoms with van der Waals surface area (Å²) in [4.78, 5) is 14.2. The summed E-state index contributed by atoms with van der Waals surface area (Å²) in [6.45, 7) is 2.21. The molecule has 0 aliphatic carbocycles. The van der Waals surface area contributed by atoms with Crippen molar-refractivity contribution in [2.24, 2.45) is 5.73 Å². The summed E-state index contributed by atoms with van der Waals surface area (Å²) in [7, 11) is 0. The van der Waals surface area contributed by atoms with Crippen molar-refractivity contribution in [3.63, 3.8) is 0 Å². The van der Waals surface area contributed by atoms with Crippen molar-refractivity contribution < 1.29 is 9.32 Å². The van der Waals surface area contributed by atoms with Gasteiger partial charge in [0.05, 0.1) is 13.1 Å². The van der Waals surface area contributed by atoms with E-state index >= 15 is 0 Å². The number of nitrogens with zero attached hydrogens (tertiary/aromatic N) is 2. The van der Waals surface area contributed by atoms with E-state index in [9.17, 15) is 4.79 Å². The van der Waals surface area contributed by atoms with Crippen LogP contribution in [0.5, 0.6) is 0 Å². The molecule has 0 saturated heterocycles. The third kappa shape index (κ3) is 2.67. The fourth-order valence-corrected chi connectivity index (χ4v) is 0.711. The van der Waals surface area contributed by atoms with E-state index in [-0.39, 0.29) is 6.54 Å². The van der Waals surface area contributed by atoms with Crippen LogP contribution in [0, 0.1) is 6.92 Å². The number of amides is 1. The molecule has 3 N–H and O–H groups in total. The number of hydrogen-bond acceptors (Lipinski definition) is 5. The van der Waals surface area contributed by atoms with Crippen LogP contribution in [-0.4, -0.2) is 22.6 Å². The Kier molecular flexibility index (Phi) is 2.76. The first-order chi connectivity index (χ1) is 5.68. The summed E-state index contributed by atoms with van der Waals surface area (Å²) >= 11 is 0. The minimum atomic E-state index is -0.407. The molecule has 0 fully saturated rings. The van der Waals surface area contributed by atoms with Crippen molar-refractivity contribution in [1.82, 2.24) is 15.5 Å². The van der Waals surface area contributed by atoms with Gasteiger partial charge >= 0.3 is 0 Å². The molecule has 12 heavy (non-hydrogen) atoms. The van der Waals surface area contributed by atoms with Gasteiger partial charge in [-0.3, -0.25) is 4.79 Å². The van der Waals surface area contributed by atoms with Crippen molar-refractivity contribution in [2.75, 3.05) is 6.54 Å². The normalized spacial score (nSPS) is 10.1. The second kappa shape index (κ2) is 3.82. The van der Waals surface area contributed by atoms with Gasteiger partial charge in [0, 0.05) is 6.92 Å². The van der Waals surface area contributed by atoms with E-state index in [1.165, 1.54) is 0 Å². The minimum Gasteiger partial charge on any atom is -0.369 e. The molecule has 0 atom stereocenters.